The lowest BCUT2D eigenvalue weighted by atomic mass is 10.3. The van der Waals surface area contributed by atoms with Gasteiger partial charge in [0.05, 0.1) is 6.61 Å². The maximum atomic E-state index is 5.54. The topological polar surface area (TPSA) is 9.23 Å². The van der Waals surface area contributed by atoms with Crippen LogP contribution in [0.15, 0.2) is 12.2 Å². The van der Waals surface area contributed by atoms with Crippen molar-refractivity contribution in [3.05, 3.63) is 12.2 Å². The van der Waals surface area contributed by atoms with Crippen LogP contribution >= 0.6 is 11.6 Å². The summed E-state index contributed by atoms with van der Waals surface area (Å²) in [4.78, 5) is 0. The first-order chi connectivity index (χ1) is 3.30. The van der Waals surface area contributed by atoms with Crippen LogP contribution in [0.4, 0.5) is 0 Å². The fourth-order valence-electron chi connectivity index (χ4n) is 0.525. The van der Waals surface area contributed by atoms with E-state index in [1.165, 1.54) is 0 Å². The van der Waals surface area contributed by atoms with Gasteiger partial charge < -0.3 is 4.74 Å². The summed E-state index contributed by atoms with van der Waals surface area (Å²) in [5, 5.41) is 0. The first-order valence-corrected chi connectivity index (χ1v) is 2.67. The van der Waals surface area contributed by atoms with Gasteiger partial charge in [-0.15, -0.1) is 0 Å². The Hall–Kier alpha value is -0.0100. The zero-order valence-electron chi connectivity index (χ0n) is 3.98. The summed E-state index contributed by atoms with van der Waals surface area (Å²) in [7, 11) is 0. The van der Waals surface area contributed by atoms with Crippen LogP contribution in [0, 0.1) is 0 Å². The summed E-state index contributed by atoms with van der Waals surface area (Å²) in [6.07, 6.45) is 0.925. The average molecular weight is 119 g/mol. The molecule has 1 atom stereocenters. The molecule has 2 heteroatoms. The van der Waals surface area contributed by atoms with Crippen LogP contribution in [0.1, 0.15) is 6.42 Å². The van der Waals surface area contributed by atoms with Crippen LogP contribution in [0.25, 0.3) is 0 Å². The highest BCUT2D eigenvalue weighted by molar-refractivity contribution is 6.21. The van der Waals surface area contributed by atoms with Crippen molar-refractivity contribution in [3.8, 4) is 0 Å². The van der Waals surface area contributed by atoms with E-state index in [1.54, 1.807) is 0 Å². The van der Waals surface area contributed by atoms with E-state index in [1.807, 2.05) is 0 Å². The lowest BCUT2D eigenvalue weighted by Gasteiger charge is -1.95. The van der Waals surface area contributed by atoms with Crippen molar-refractivity contribution in [1.82, 2.24) is 0 Å². The Labute approximate surface area is 47.9 Å². The normalized spacial score (nSPS) is 31.6. The predicted molar refractivity (Wildman–Crippen MR) is 29.3 cm³/mol. The van der Waals surface area contributed by atoms with Gasteiger partial charge in [-0.25, -0.2) is 0 Å². The molecule has 0 aromatic rings. The van der Waals surface area contributed by atoms with E-state index in [-0.39, 0.29) is 5.56 Å². The molecule has 0 saturated carbocycles. The smallest absolute Gasteiger partial charge is 0.152 e. The Kier molecular flexibility index (Phi) is 1.35. The Balaban J connectivity index is 2.48. The Morgan fingerprint density at radius 1 is 1.86 bits per heavy atom. The van der Waals surface area contributed by atoms with Gasteiger partial charge >= 0.3 is 0 Å². The number of alkyl halides is 1. The van der Waals surface area contributed by atoms with Gasteiger partial charge in [0.2, 0.25) is 0 Å². The van der Waals surface area contributed by atoms with Crippen molar-refractivity contribution >= 4 is 11.6 Å². The van der Waals surface area contributed by atoms with Crippen molar-refractivity contribution in [2.24, 2.45) is 0 Å². The third kappa shape index (κ3) is 0.956. The molecule has 0 bridgehead atoms. The monoisotopic (exact) mass is 118 g/mol. The van der Waals surface area contributed by atoms with Crippen LogP contribution in [-0.2, 0) is 4.74 Å². The number of halogens is 1. The van der Waals surface area contributed by atoms with E-state index < -0.39 is 0 Å². The van der Waals surface area contributed by atoms with Crippen LogP contribution in [0.5, 0.6) is 0 Å². The molecular formula is C5H7ClO. The zero-order chi connectivity index (χ0) is 5.28. The molecule has 0 spiro atoms. The molecule has 40 valence electrons. The Bertz CT molecular complexity index is 90.1. The molecule has 0 aliphatic carbocycles. The number of ether oxygens (including phenoxy) is 1. The van der Waals surface area contributed by atoms with Crippen LogP contribution in [0.3, 0.4) is 0 Å². The van der Waals surface area contributed by atoms with Gasteiger partial charge in [0, 0.05) is 0 Å². The van der Waals surface area contributed by atoms with Crippen molar-refractivity contribution in [1.29, 1.82) is 0 Å². The molecule has 0 aromatic carbocycles. The summed E-state index contributed by atoms with van der Waals surface area (Å²) in [5.74, 6) is 0. The summed E-state index contributed by atoms with van der Waals surface area (Å²) >= 11 is 5.54. The Morgan fingerprint density at radius 3 is 2.71 bits per heavy atom. The highest BCUT2D eigenvalue weighted by Crippen LogP contribution is 2.20. The molecule has 0 amide bonds. The van der Waals surface area contributed by atoms with Crippen molar-refractivity contribution in [3.63, 3.8) is 0 Å². The van der Waals surface area contributed by atoms with Crippen molar-refractivity contribution < 1.29 is 4.74 Å². The molecule has 0 radical (unpaired) electrons. The van der Waals surface area contributed by atoms with Gasteiger partial charge in [0.25, 0.3) is 0 Å². The van der Waals surface area contributed by atoms with E-state index in [4.69, 9.17) is 16.3 Å². The molecule has 1 heterocycles. The fraction of sp³-hybridized carbons (Fsp3) is 0.600. The van der Waals surface area contributed by atoms with E-state index in [2.05, 4.69) is 6.58 Å². The molecule has 1 saturated heterocycles. The van der Waals surface area contributed by atoms with Crippen LogP contribution < -0.4 is 0 Å². The van der Waals surface area contributed by atoms with Crippen molar-refractivity contribution in [2.75, 3.05) is 6.61 Å². The molecule has 1 aliphatic rings. The van der Waals surface area contributed by atoms with Gasteiger partial charge in [-0.05, 0) is 12.0 Å². The summed E-state index contributed by atoms with van der Waals surface area (Å²) in [6, 6.07) is 0. The third-order valence-corrected chi connectivity index (χ3v) is 1.44. The lowest BCUT2D eigenvalue weighted by Crippen LogP contribution is -1.92. The molecule has 0 N–H and O–H groups in total. The highest BCUT2D eigenvalue weighted by atomic mass is 35.5. The quantitative estimate of drug-likeness (QED) is 0.346. The zero-order valence-corrected chi connectivity index (χ0v) is 4.74. The highest BCUT2D eigenvalue weighted by Gasteiger charge is 2.15. The second kappa shape index (κ2) is 1.85. The standard InChI is InChI=1S/C5H7ClO/c1-4-2-3-7-5(4)6/h5H,1-3H2. The Morgan fingerprint density at radius 2 is 2.57 bits per heavy atom. The van der Waals surface area contributed by atoms with Crippen LogP contribution in [-0.4, -0.2) is 12.2 Å². The molecule has 0 aromatic heterocycles. The van der Waals surface area contributed by atoms with Crippen molar-refractivity contribution in [2.45, 2.75) is 12.0 Å². The first-order valence-electron chi connectivity index (χ1n) is 2.24. The van der Waals surface area contributed by atoms with E-state index in [0.717, 1.165) is 18.6 Å². The van der Waals surface area contributed by atoms with Gasteiger partial charge in [-0.1, -0.05) is 18.2 Å². The number of hydrogen-bond acceptors (Lipinski definition) is 1. The van der Waals surface area contributed by atoms with E-state index >= 15 is 0 Å². The van der Waals surface area contributed by atoms with E-state index in [0.29, 0.717) is 0 Å². The number of rotatable bonds is 0. The minimum atomic E-state index is -0.208. The minimum absolute atomic E-state index is 0.208. The molecular weight excluding hydrogens is 112 g/mol. The van der Waals surface area contributed by atoms with Gasteiger partial charge in [-0.3, -0.25) is 0 Å². The second-order valence-corrected chi connectivity index (χ2v) is 1.99. The summed E-state index contributed by atoms with van der Waals surface area (Å²) in [5.41, 5.74) is 0.793. The second-order valence-electron chi connectivity index (χ2n) is 1.60. The summed E-state index contributed by atoms with van der Waals surface area (Å²) < 4.78 is 4.93. The molecule has 1 aliphatic heterocycles. The molecule has 1 nitrogen and oxygen atoms in total. The van der Waals surface area contributed by atoms with Gasteiger partial charge in [-0.2, -0.15) is 0 Å². The van der Waals surface area contributed by atoms with Gasteiger partial charge in [0.15, 0.2) is 5.56 Å². The lowest BCUT2D eigenvalue weighted by molar-refractivity contribution is 0.177. The first kappa shape index (κ1) is 5.13. The fourth-order valence-corrected chi connectivity index (χ4v) is 0.723. The minimum Gasteiger partial charge on any atom is -0.358 e. The largest absolute Gasteiger partial charge is 0.358 e. The molecule has 1 rings (SSSR count). The molecule has 7 heavy (non-hydrogen) atoms. The maximum Gasteiger partial charge on any atom is 0.152 e. The third-order valence-electron chi connectivity index (χ3n) is 1.01. The number of hydrogen-bond donors (Lipinski definition) is 0. The SMILES string of the molecule is C=C1CCOC1Cl. The molecule has 1 unspecified atom stereocenters. The van der Waals surface area contributed by atoms with Crippen LogP contribution in [0.2, 0.25) is 0 Å². The van der Waals surface area contributed by atoms with E-state index in [9.17, 15) is 0 Å². The predicted octanol–water partition coefficient (Wildman–Crippen LogP) is 1.53. The van der Waals surface area contributed by atoms with Gasteiger partial charge in [0.1, 0.15) is 0 Å². The molecule has 1 fully saturated rings. The maximum absolute atomic E-state index is 5.54. The summed E-state index contributed by atoms with van der Waals surface area (Å²) in [6.45, 7) is 4.42. The average Bonchev–Trinajstić information content (AvgIpc) is 1.91.